The lowest BCUT2D eigenvalue weighted by Gasteiger charge is -2.10. The molecule has 0 spiro atoms. The number of hydrogen-bond acceptors (Lipinski definition) is 4. The first-order valence-corrected chi connectivity index (χ1v) is 5.74. The van der Waals surface area contributed by atoms with Crippen molar-refractivity contribution in [3.8, 4) is 6.07 Å². The normalized spacial score (nSPS) is 9.83. The van der Waals surface area contributed by atoms with Crippen LogP contribution in [0.15, 0.2) is 30.5 Å². The third kappa shape index (κ3) is 2.48. The van der Waals surface area contributed by atoms with Gasteiger partial charge in [0.15, 0.2) is 5.82 Å². The minimum atomic E-state index is 0.274. The maximum atomic E-state index is 8.87. The van der Waals surface area contributed by atoms with Crippen molar-refractivity contribution in [1.82, 2.24) is 4.98 Å². The van der Waals surface area contributed by atoms with Crippen LogP contribution in [0.4, 0.5) is 17.2 Å². The van der Waals surface area contributed by atoms with Gasteiger partial charge in [0.1, 0.15) is 6.07 Å². The summed E-state index contributed by atoms with van der Waals surface area (Å²) in [7, 11) is 0. The summed E-state index contributed by atoms with van der Waals surface area (Å²) in [6, 6.07) is 8.52. The van der Waals surface area contributed by atoms with Crippen LogP contribution in [0.5, 0.6) is 0 Å². The average molecular weight is 279 g/mol. The van der Waals surface area contributed by atoms with Gasteiger partial charge in [-0.05, 0) is 24.3 Å². The van der Waals surface area contributed by atoms with Gasteiger partial charge >= 0.3 is 0 Å². The highest BCUT2D eigenvalue weighted by Gasteiger charge is 2.08. The highest BCUT2D eigenvalue weighted by atomic mass is 35.5. The fourth-order valence-electron chi connectivity index (χ4n) is 1.39. The Morgan fingerprint density at radius 3 is 2.78 bits per heavy atom. The first-order valence-electron chi connectivity index (χ1n) is 4.98. The van der Waals surface area contributed by atoms with Crippen molar-refractivity contribution >= 4 is 40.4 Å². The van der Waals surface area contributed by atoms with Crippen LogP contribution >= 0.6 is 23.2 Å². The van der Waals surface area contributed by atoms with E-state index in [2.05, 4.69) is 10.3 Å². The molecule has 0 aliphatic rings. The Kier molecular flexibility index (Phi) is 3.56. The Hall–Kier alpha value is -1.96. The van der Waals surface area contributed by atoms with E-state index in [1.807, 2.05) is 6.07 Å². The molecule has 0 amide bonds. The Balaban J connectivity index is 2.41. The lowest BCUT2D eigenvalue weighted by atomic mass is 10.2. The highest BCUT2D eigenvalue weighted by molar-refractivity contribution is 6.35. The van der Waals surface area contributed by atoms with Gasteiger partial charge in [-0.1, -0.05) is 23.2 Å². The van der Waals surface area contributed by atoms with Gasteiger partial charge in [-0.25, -0.2) is 4.98 Å². The summed E-state index contributed by atoms with van der Waals surface area (Å²) in [5.74, 6) is 0.373. The van der Waals surface area contributed by atoms with Crippen molar-refractivity contribution < 1.29 is 0 Å². The quantitative estimate of drug-likeness (QED) is 0.880. The van der Waals surface area contributed by atoms with Crippen LogP contribution in [0.25, 0.3) is 0 Å². The lowest BCUT2D eigenvalue weighted by Crippen LogP contribution is -2.01. The molecule has 0 saturated carbocycles. The second-order valence-corrected chi connectivity index (χ2v) is 4.33. The smallest absolute Gasteiger partial charge is 0.154 e. The van der Waals surface area contributed by atoms with Crippen molar-refractivity contribution in [1.29, 1.82) is 5.26 Å². The summed E-state index contributed by atoms with van der Waals surface area (Å²) >= 11 is 11.9. The van der Waals surface area contributed by atoms with Crippen molar-refractivity contribution in [3.05, 3.63) is 46.1 Å². The summed E-state index contributed by atoms with van der Waals surface area (Å²) in [5, 5.41) is 12.9. The molecule has 3 N–H and O–H groups in total. The number of anilines is 3. The van der Waals surface area contributed by atoms with E-state index in [0.717, 1.165) is 0 Å². The number of nitrogen functional groups attached to an aromatic ring is 1. The summed E-state index contributed by atoms with van der Waals surface area (Å²) in [5.41, 5.74) is 7.01. The van der Waals surface area contributed by atoms with E-state index < -0.39 is 0 Å². The number of nitrogens with one attached hydrogen (secondary N) is 1. The van der Waals surface area contributed by atoms with Crippen molar-refractivity contribution in [2.75, 3.05) is 11.1 Å². The molecule has 0 atom stereocenters. The summed E-state index contributed by atoms with van der Waals surface area (Å²) in [4.78, 5) is 4.06. The Morgan fingerprint density at radius 1 is 1.28 bits per heavy atom. The largest absolute Gasteiger partial charge is 0.395 e. The van der Waals surface area contributed by atoms with Gasteiger partial charge in [-0.3, -0.25) is 0 Å². The van der Waals surface area contributed by atoms with Crippen molar-refractivity contribution in [2.45, 2.75) is 0 Å². The first kappa shape index (κ1) is 12.5. The molecule has 2 rings (SSSR count). The molecule has 90 valence electrons. The van der Waals surface area contributed by atoms with Gasteiger partial charge < -0.3 is 11.1 Å². The van der Waals surface area contributed by atoms with E-state index in [4.69, 9.17) is 34.2 Å². The molecule has 4 nitrogen and oxygen atoms in total. The van der Waals surface area contributed by atoms with E-state index in [0.29, 0.717) is 27.1 Å². The molecule has 0 aliphatic carbocycles. The van der Waals surface area contributed by atoms with Crippen LogP contribution in [0.3, 0.4) is 0 Å². The van der Waals surface area contributed by atoms with Crippen LogP contribution in [-0.4, -0.2) is 4.98 Å². The summed E-state index contributed by atoms with van der Waals surface area (Å²) in [6.07, 6.45) is 1.50. The van der Waals surface area contributed by atoms with Crippen LogP contribution in [0, 0.1) is 11.3 Å². The van der Waals surface area contributed by atoms with Crippen molar-refractivity contribution in [2.24, 2.45) is 0 Å². The molecule has 1 aromatic carbocycles. The van der Waals surface area contributed by atoms with Gasteiger partial charge in [-0.15, -0.1) is 0 Å². The van der Waals surface area contributed by atoms with Crippen LogP contribution in [0.1, 0.15) is 5.56 Å². The first-order chi connectivity index (χ1) is 8.61. The van der Waals surface area contributed by atoms with Gasteiger partial charge in [-0.2, -0.15) is 5.26 Å². The topological polar surface area (TPSA) is 74.7 Å². The zero-order valence-corrected chi connectivity index (χ0v) is 10.6. The zero-order chi connectivity index (χ0) is 13.1. The number of hydrogen-bond donors (Lipinski definition) is 2. The minimum Gasteiger partial charge on any atom is -0.395 e. The number of rotatable bonds is 2. The lowest BCUT2D eigenvalue weighted by molar-refractivity contribution is 1.30. The molecular formula is C12H8Cl2N4. The monoisotopic (exact) mass is 278 g/mol. The van der Waals surface area contributed by atoms with E-state index in [-0.39, 0.29) is 5.69 Å². The second-order valence-electron chi connectivity index (χ2n) is 3.48. The van der Waals surface area contributed by atoms with Gasteiger partial charge in [0.05, 0.1) is 22.0 Å². The predicted molar refractivity (Wildman–Crippen MR) is 73.1 cm³/mol. The van der Waals surface area contributed by atoms with Crippen LogP contribution < -0.4 is 11.1 Å². The molecule has 1 heterocycles. The third-order valence-electron chi connectivity index (χ3n) is 2.29. The Labute approximate surface area is 114 Å². The van der Waals surface area contributed by atoms with E-state index in [9.17, 15) is 0 Å². The molecule has 0 bridgehead atoms. The summed E-state index contributed by atoms with van der Waals surface area (Å²) < 4.78 is 0. The number of benzene rings is 1. The number of pyridine rings is 1. The standard InChI is InChI=1S/C12H8Cl2N4/c13-8-1-2-9(14)10(5-8)18-12-11(16)7(6-15)3-4-17-12/h1-5H,16H2,(H,17,18). The third-order valence-corrected chi connectivity index (χ3v) is 2.86. The van der Waals surface area contributed by atoms with Gasteiger partial charge in [0.25, 0.3) is 0 Å². The molecule has 1 aromatic heterocycles. The van der Waals surface area contributed by atoms with Gasteiger partial charge in [0, 0.05) is 11.2 Å². The molecule has 0 radical (unpaired) electrons. The summed E-state index contributed by atoms with van der Waals surface area (Å²) in [6.45, 7) is 0. The number of nitrogens with zero attached hydrogens (tertiary/aromatic N) is 2. The second kappa shape index (κ2) is 5.13. The zero-order valence-electron chi connectivity index (χ0n) is 9.11. The van der Waals surface area contributed by atoms with Gasteiger partial charge in [0.2, 0.25) is 0 Å². The minimum absolute atomic E-state index is 0.274. The number of nitrogens with two attached hydrogens (primary N) is 1. The number of nitriles is 1. The highest BCUT2D eigenvalue weighted by Crippen LogP contribution is 2.30. The Bertz CT molecular complexity index is 634. The maximum absolute atomic E-state index is 8.87. The van der Waals surface area contributed by atoms with E-state index >= 15 is 0 Å². The molecule has 0 unspecified atom stereocenters. The van der Waals surface area contributed by atoms with E-state index in [1.165, 1.54) is 6.20 Å². The fraction of sp³-hybridized carbons (Fsp3) is 0. The molecular weight excluding hydrogens is 271 g/mol. The fourth-order valence-corrected chi connectivity index (χ4v) is 1.73. The van der Waals surface area contributed by atoms with E-state index in [1.54, 1.807) is 24.3 Å². The maximum Gasteiger partial charge on any atom is 0.154 e. The van der Waals surface area contributed by atoms with Crippen molar-refractivity contribution in [3.63, 3.8) is 0 Å². The molecule has 6 heteroatoms. The number of halogens is 2. The van der Waals surface area contributed by atoms with Crippen LogP contribution in [-0.2, 0) is 0 Å². The SMILES string of the molecule is N#Cc1ccnc(Nc2cc(Cl)ccc2Cl)c1N. The predicted octanol–water partition coefficient (Wildman–Crippen LogP) is 3.59. The number of aromatic nitrogens is 1. The molecule has 2 aromatic rings. The van der Waals surface area contributed by atoms with Crippen LogP contribution in [0.2, 0.25) is 10.0 Å². The Morgan fingerprint density at radius 2 is 2.06 bits per heavy atom. The molecule has 0 aliphatic heterocycles. The molecule has 0 saturated heterocycles. The molecule has 0 fully saturated rings. The average Bonchev–Trinajstić information content (AvgIpc) is 2.36. The molecule has 18 heavy (non-hydrogen) atoms.